The van der Waals surface area contributed by atoms with Gasteiger partial charge in [-0.3, -0.25) is 4.52 Å². The van der Waals surface area contributed by atoms with Crippen molar-refractivity contribution in [2.75, 3.05) is 13.2 Å². The Labute approximate surface area is 202 Å². The van der Waals surface area contributed by atoms with E-state index < -0.39 is 7.82 Å². The van der Waals surface area contributed by atoms with Crippen molar-refractivity contribution in [3.05, 3.63) is 0 Å². The maximum atomic E-state index is 10.5. The number of nitrogens with one attached hydrogen (secondary N) is 1. The van der Waals surface area contributed by atoms with Gasteiger partial charge >= 0.3 is 7.82 Å². The molecular weight excluding hydrogens is 449 g/mol. The van der Waals surface area contributed by atoms with Crippen LogP contribution in [0.3, 0.4) is 0 Å². The summed E-state index contributed by atoms with van der Waals surface area (Å²) in [6, 6.07) is 0. The van der Waals surface area contributed by atoms with Crippen molar-refractivity contribution >= 4 is 37.0 Å². The maximum absolute atomic E-state index is 10.5. The fraction of sp³-hybridized carbons (Fsp3) is 0.957. The summed E-state index contributed by atoms with van der Waals surface area (Å²) >= 11 is 8.92. The fourth-order valence-electron chi connectivity index (χ4n) is 3.79. The van der Waals surface area contributed by atoms with Crippen LogP contribution in [0.2, 0.25) is 0 Å². The summed E-state index contributed by atoms with van der Waals surface area (Å²) < 4.78 is 15.6. The zero-order chi connectivity index (χ0) is 23.0. The Balaban J connectivity index is 3.05. The van der Waals surface area contributed by atoms with Crippen LogP contribution in [0, 0.1) is 0 Å². The van der Waals surface area contributed by atoms with E-state index in [0.717, 1.165) is 25.8 Å². The first-order valence-corrected chi connectivity index (χ1v) is 15.0. The molecule has 8 heteroatoms. The minimum atomic E-state index is -4.27. The maximum Gasteiger partial charge on any atom is 0.469 e. The second kappa shape index (κ2) is 23.5. The van der Waals surface area contributed by atoms with Crippen LogP contribution in [0.25, 0.3) is 0 Å². The third kappa shape index (κ3) is 30.4. The van der Waals surface area contributed by atoms with Crippen LogP contribution in [0.15, 0.2) is 0 Å². The highest BCUT2D eigenvalue weighted by Gasteiger charge is 2.12. The SMILES string of the molecule is O=P(O)(O)OCCCCCCCCCCCCCCCCCCCCCCNC(=S)S. The highest BCUT2D eigenvalue weighted by Crippen LogP contribution is 2.35. The summed E-state index contributed by atoms with van der Waals surface area (Å²) in [6.45, 7) is 1.13. The van der Waals surface area contributed by atoms with Crippen LogP contribution < -0.4 is 5.32 Å². The Morgan fingerprint density at radius 3 is 1.23 bits per heavy atom. The van der Waals surface area contributed by atoms with Crippen molar-refractivity contribution in [1.82, 2.24) is 5.32 Å². The van der Waals surface area contributed by atoms with E-state index in [1.54, 1.807) is 0 Å². The van der Waals surface area contributed by atoms with Crippen LogP contribution in [0.5, 0.6) is 0 Å². The summed E-state index contributed by atoms with van der Waals surface area (Å²) in [4.78, 5) is 17.2. The number of phosphoric ester groups is 1. The van der Waals surface area contributed by atoms with Crippen molar-refractivity contribution in [1.29, 1.82) is 0 Å². The van der Waals surface area contributed by atoms with Crippen molar-refractivity contribution < 1.29 is 18.9 Å². The molecule has 0 saturated carbocycles. The van der Waals surface area contributed by atoms with Crippen LogP contribution >= 0.6 is 32.7 Å². The molecule has 186 valence electrons. The number of hydrogen-bond donors (Lipinski definition) is 4. The van der Waals surface area contributed by atoms with Gasteiger partial charge in [0.05, 0.1) is 6.61 Å². The summed E-state index contributed by atoms with van der Waals surface area (Å²) in [5, 5.41) is 3.08. The van der Waals surface area contributed by atoms with Crippen LogP contribution in [-0.4, -0.2) is 27.3 Å². The molecule has 0 heterocycles. The first-order chi connectivity index (χ1) is 14.9. The molecule has 0 aromatic heterocycles. The molecular formula is C23H48NO4PS2. The molecule has 0 rings (SSSR count). The average molecular weight is 498 g/mol. The van der Waals surface area contributed by atoms with Gasteiger partial charge in [0.2, 0.25) is 0 Å². The molecule has 0 aromatic rings. The van der Waals surface area contributed by atoms with Gasteiger partial charge in [-0.05, 0) is 12.8 Å². The lowest BCUT2D eigenvalue weighted by atomic mass is 10.0. The molecule has 0 aliphatic heterocycles. The highest BCUT2D eigenvalue weighted by atomic mass is 32.1. The normalized spacial score (nSPS) is 11.7. The van der Waals surface area contributed by atoms with Gasteiger partial charge in [-0.15, -0.1) is 12.6 Å². The van der Waals surface area contributed by atoms with Crippen LogP contribution in [0.1, 0.15) is 128 Å². The zero-order valence-electron chi connectivity index (χ0n) is 19.6. The van der Waals surface area contributed by atoms with Gasteiger partial charge in [-0.1, -0.05) is 128 Å². The van der Waals surface area contributed by atoms with Crippen LogP contribution in [-0.2, 0) is 9.09 Å². The predicted octanol–water partition coefficient (Wildman–Crippen LogP) is 7.70. The quantitative estimate of drug-likeness (QED) is 0.0473. The Hall–Kier alpha value is 0.350. The molecule has 3 N–H and O–H groups in total. The number of hydrogen-bond acceptors (Lipinski definition) is 3. The van der Waals surface area contributed by atoms with E-state index in [1.807, 2.05) is 0 Å². The summed E-state index contributed by atoms with van der Waals surface area (Å²) in [5.74, 6) is 0. The van der Waals surface area contributed by atoms with Crippen molar-refractivity contribution in [2.45, 2.75) is 128 Å². The standard InChI is InChI=1S/C23H48NO4PS2/c25-29(26,27)28-22-20-18-16-14-12-10-8-6-4-2-1-3-5-7-9-11-13-15-17-19-21-24-23(30)31/h1-22H2,(H2,24,30,31)(H2,25,26,27). The first kappa shape index (κ1) is 31.4. The van der Waals surface area contributed by atoms with Gasteiger partial charge in [0.1, 0.15) is 4.32 Å². The second-order valence-corrected chi connectivity index (χ2v) is 11.0. The molecule has 0 fully saturated rings. The minimum absolute atomic E-state index is 0.163. The Kier molecular flexibility index (Phi) is 23.8. The number of unbranched alkanes of at least 4 members (excludes halogenated alkanes) is 19. The van der Waals surface area contributed by atoms with E-state index in [9.17, 15) is 4.57 Å². The van der Waals surface area contributed by atoms with Crippen molar-refractivity contribution in [3.8, 4) is 0 Å². The number of rotatable bonds is 24. The summed E-state index contributed by atoms with van der Waals surface area (Å²) in [5.41, 5.74) is 0. The van der Waals surface area contributed by atoms with Gasteiger partial charge in [-0.2, -0.15) is 0 Å². The smallest absolute Gasteiger partial charge is 0.371 e. The molecule has 0 unspecified atom stereocenters. The van der Waals surface area contributed by atoms with Gasteiger partial charge in [0.15, 0.2) is 0 Å². The predicted molar refractivity (Wildman–Crippen MR) is 140 cm³/mol. The fourth-order valence-corrected chi connectivity index (χ4v) is 4.37. The molecule has 0 aliphatic rings. The highest BCUT2D eigenvalue weighted by molar-refractivity contribution is 8.11. The molecule has 0 aromatic carbocycles. The lowest BCUT2D eigenvalue weighted by Crippen LogP contribution is -2.17. The van der Waals surface area contributed by atoms with Gasteiger partial charge < -0.3 is 15.1 Å². The van der Waals surface area contributed by atoms with Crippen molar-refractivity contribution in [3.63, 3.8) is 0 Å². The van der Waals surface area contributed by atoms with Gasteiger partial charge in [-0.25, -0.2) is 4.57 Å². The lowest BCUT2D eigenvalue weighted by molar-refractivity contribution is 0.193. The van der Waals surface area contributed by atoms with E-state index in [0.29, 0.717) is 4.32 Å². The molecule has 0 aliphatic carbocycles. The first-order valence-electron chi connectivity index (χ1n) is 12.6. The number of thiol groups is 1. The average Bonchev–Trinajstić information content (AvgIpc) is 2.70. The third-order valence-corrected chi connectivity index (χ3v) is 6.43. The molecule has 0 bridgehead atoms. The largest absolute Gasteiger partial charge is 0.469 e. The van der Waals surface area contributed by atoms with E-state index in [4.69, 9.17) is 22.0 Å². The van der Waals surface area contributed by atoms with Crippen molar-refractivity contribution in [2.24, 2.45) is 0 Å². The Bertz CT molecular complexity index is 449. The third-order valence-electron chi connectivity index (χ3n) is 5.61. The van der Waals surface area contributed by atoms with E-state index in [2.05, 4.69) is 22.5 Å². The summed E-state index contributed by atoms with van der Waals surface area (Å²) in [6.07, 6.45) is 25.8. The van der Waals surface area contributed by atoms with E-state index in [-0.39, 0.29) is 6.61 Å². The molecule has 5 nitrogen and oxygen atoms in total. The second-order valence-electron chi connectivity index (χ2n) is 8.63. The molecule has 0 saturated heterocycles. The van der Waals surface area contributed by atoms with E-state index in [1.165, 1.54) is 109 Å². The molecule has 31 heavy (non-hydrogen) atoms. The summed E-state index contributed by atoms with van der Waals surface area (Å²) in [7, 11) is -4.27. The monoisotopic (exact) mass is 497 g/mol. The Morgan fingerprint density at radius 2 is 0.935 bits per heavy atom. The van der Waals surface area contributed by atoms with Gasteiger partial charge in [0.25, 0.3) is 0 Å². The number of phosphoric acid groups is 1. The van der Waals surface area contributed by atoms with Crippen LogP contribution in [0.4, 0.5) is 0 Å². The lowest BCUT2D eigenvalue weighted by Gasteiger charge is -2.05. The molecule has 0 atom stereocenters. The van der Waals surface area contributed by atoms with Gasteiger partial charge in [0, 0.05) is 6.54 Å². The molecule has 0 radical (unpaired) electrons. The minimum Gasteiger partial charge on any atom is -0.371 e. The molecule has 0 spiro atoms. The number of thiocarbonyl (C=S) groups is 1. The zero-order valence-corrected chi connectivity index (χ0v) is 22.2. The molecule has 0 amide bonds. The topological polar surface area (TPSA) is 78.8 Å². The van der Waals surface area contributed by atoms with E-state index >= 15 is 0 Å². The Morgan fingerprint density at radius 1 is 0.645 bits per heavy atom.